The van der Waals surface area contributed by atoms with Crippen LogP contribution < -0.4 is 0 Å². The quantitative estimate of drug-likeness (QED) is 0.599. The Morgan fingerprint density at radius 1 is 1.11 bits per heavy atom. The lowest BCUT2D eigenvalue weighted by Crippen LogP contribution is -2.71. The van der Waals surface area contributed by atoms with E-state index in [1.54, 1.807) is 13.0 Å². The van der Waals surface area contributed by atoms with Crippen molar-refractivity contribution in [3.63, 3.8) is 0 Å². The van der Waals surface area contributed by atoms with Crippen LogP contribution in [0.3, 0.4) is 0 Å². The van der Waals surface area contributed by atoms with Crippen LogP contribution in [-0.2, 0) is 28.7 Å². The number of esters is 2. The molecule has 0 unspecified atom stereocenters. The van der Waals surface area contributed by atoms with E-state index < -0.39 is 64.4 Å². The molecule has 4 aliphatic carbocycles. The third kappa shape index (κ3) is 3.31. The minimum Gasteiger partial charge on any atom is -0.458 e. The van der Waals surface area contributed by atoms with Gasteiger partial charge in [0.2, 0.25) is 5.78 Å². The zero-order valence-electron chi connectivity index (χ0n) is 21.5. The van der Waals surface area contributed by atoms with E-state index in [0.29, 0.717) is 19.3 Å². The fourth-order valence-corrected chi connectivity index (χ4v) is 8.66. The number of aliphatic hydroxyl groups excluding tert-OH is 1. The summed E-state index contributed by atoms with van der Waals surface area (Å²) in [6, 6.07) is 0. The molecule has 0 saturated heterocycles. The number of alkyl halides is 1. The van der Waals surface area contributed by atoms with Crippen LogP contribution in [0.15, 0.2) is 11.6 Å². The number of halogens is 1. The van der Waals surface area contributed by atoms with Gasteiger partial charge in [-0.3, -0.25) is 19.2 Å². The number of hydrogen-bond acceptors (Lipinski definition) is 7. The largest absolute Gasteiger partial charge is 0.458 e. The first kappa shape index (κ1) is 26.0. The molecule has 3 saturated carbocycles. The summed E-state index contributed by atoms with van der Waals surface area (Å²) in [6.45, 7) is 9.29. The maximum absolute atomic E-state index is 17.5. The minimum atomic E-state index is -1.98. The van der Waals surface area contributed by atoms with E-state index in [0.717, 1.165) is 5.57 Å². The fourth-order valence-electron chi connectivity index (χ4n) is 8.66. The molecule has 7 nitrogen and oxygen atoms in total. The van der Waals surface area contributed by atoms with Gasteiger partial charge in [-0.1, -0.05) is 33.3 Å². The zero-order valence-corrected chi connectivity index (χ0v) is 21.5. The van der Waals surface area contributed by atoms with Gasteiger partial charge in [0, 0.05) is 42.9 Å². The average molecular weight is 493 g/mol. The average Bonchev–Trinajstić information content (AvgIpc) is 2.97. The lowest BCUT2D eigenvalue weighted by Gasteiger charge is -2.64. The summed E-state index contributed by atoms with van der Waals surface area (Å²) >= 11 is 0. The molecule has 0 heterocycles. The molecular weight excluding hydrogens is 455 g/mol. The van der Waals surface area contributed by atoms with Gasteiger partial charge in [0.15, 0.2) is 18.0 Å². The van der Waals surface area contributed by atoms with Crippen LogP contribution in [0.5, 0.6) is 0 Å². The molecular formula is C27H37FO7. The van der Waals surface area contributed by atoms with Gasteiger partial charge in [0.25, 0.3) is 0 Å². The van der Waals surface area contributed by atoms with Crippen LogP contribution in [0.25, 0.3) is 0 Å². The second-order valence-electron chi connectivity index (χ2n) is 11.8. The molecule has 0 aromatic rings. The van der Waals surface area contributed by atoms with Crippen molar-refractivity contribution in [2.24, 2.45) is 34.5 Å². The molecule has 0 aromatic carbocycles. The number of aliphatic hydroxyl groups is 1. The van der Waals surface area contributed by atoms with Gasteiger partial charge in [-0.05, 0) is 43.6 Å². The van der Waals surface area contributed by atoms with E-state index in [2.05, 4.69) is 0 Å². The van der Waals surface area contributed by atoms with Crippen LogP contribution in [0.2, 0.25) is 0 Å². The van der Waals surface area contributed by atoms with Crippen molar-refractivity contribution in [1.82, 2.24) is 0 Å². The number of Topliss-reactive ketones (excluding diaryl/α,β-unsaturated/α-hetero) is 1. The first-order valence-electron chi connectivity index (χ1n) is 12.6. The van der Waals surface area contributed by atoms with Crippen LogP contribution in [0.1, 0.15) is 73.6 Å². The summed E-state index contributed by atoms with van der Waals surface area (Å²) in [7, 11) is 0. The van der Waals surface area contributed by atoms with Gasteiger partial charge in [0.1, 0.15) is 5.67 Å². The molecule has 8 heteroatoms. The molecule has 0 amide bonds. The minimum absolute atomic E-state index is 0.0130. The lowest BCUT2D eigenvalue weighted by molar-refractivity contribution is -0.238. The molecule has 0 aromatic heterocycles. The van der Waals surface area contributed by atoms with Crippen molar-refractivity contribution in [3.8, 4) is 0 Å². The molecule has 0 spiro atoms. The third-order valence-electron chi connectivity index (χ3n) is 10.0. The van der Waals surface area contributed by atoms with E-state index in [1.807, 2.05) is 20.8 Å². The van der Waals surface area contributed by atoms with Crippen molar-refractivity contribution in [1.29, 1.82) is 0 Å². The number of carbonyl (C=O) groups is 4. The Kier molecular flexibility index (Phi) is 6.10. The Morgan fingerprint density at radius 2 is 1.77 bits per heavy atom. The molecule has 4 rings (SSSR count). The van der Waals surface area contributed by atoms with Gasteiger partial charge in [0.05, 0.1) is 6.10 Å². The Labute approximate surface area is 205 Å². The summed E-state index contributed by atoms with van der Waals surface area (Å²) in [4.78, 5) is 49.6. The first-order valence-corrected chi connectivity index (χ1v) is 12.6. The van der Waals surface area contributed by atoms with Crippen molar-refractivity contribution in [2.75, 3.05) is 6.61 Å². The van der Waals surface area contributed by atoms with Gasteiger partial charge < -0.3 is 14.6 Å². The molecule has 35 heavy (non-hydrogen) atoms. The summed E-state index contributed by atoms with van der Waals surface area (Å²) in [5.74, 6) is -3.32. The van der Waals surface area contributed by atoms with Crippen molar-refractivity contribution < 1.29 is 38.1 Å². The SMILES string of the molecule is CC(=O)OCC(=O)[C@@]1(OC(C)=O)[C@H](C)C[C@H]2[C@@H]3C[C@H](C)C4=CC(=O)CC[C@]4(C)[C@@]3(F)[C@@H](O)C[C@@]21C. The summed E-state index contributed by atoms with van der Waals surface area (Å²) in [5, 5.41) is 11.6. The number of allylic oxidation sites excluding steroid dienone is 1. The normalized spacial score (nSPS) is 46.6. The van der Waals surface area contributed by atoms with Gasteiger partial charge in [-0.25, -0.2) is 4.39 Å². The summed E-state index contributed by atoms with van der Waals surface area (Å²) in [6.07, 6.45) is 1.47. The number of fused-ring (bicyclic) bond motifs is 5. The van der Waals surface area contributed by atoms with Crippen molar-refractivity contribution in [2.45, 2.75) is 91.0 Å². The van der Waals surface area contributed by atoms with Crippen LogP contribution in [0.4, 0.5) is 4.39 Å². The standard InChI is InChI=1S/C27H37FO7/c1-14-9-21-20-10-15(2)27(35-17(4)30,23(33)13-34-16(3)29)25(20,6)12-22(32)26(21,28)24(5)8-7-18(31)11-19(14)24/h11,14-15,20-22,32H,7-10,12-13H2,1-6H3/t14-,15+,20-,21-,22-,24-,25-,26-,27-/m0/s1. The Morgan fingerprint density at radius 3 is 2.37 bits per heavy atom. The highest BCUT2D eigenvalue weighted by molar-refractivity contribution is 5.93. The monoisotopic (exact) mass is 492 g/mol. The second kappa shape index (κ2) is 8.22. The number of carbonyl (C=O) groups excluding carboxylic acids is 4. The molecule has 0 aliphatic heterocycles. The van der Waals surface area contributed by atoms with E-state index in [-0.39, 0.29) is 30.5 Å². The Hall–Kier alpha value is -2.09. The van der Waals surface area contributed by atoms with E-state index in [4.69, 9.17) is 9.47 Å². The number of ketones is 2. The number of ether oxygens (including phenoxy) is 2. The van der Waals surface area contributed by atoms with E-state index in [9.17, 15) is 24.3 Å². The van der Waals surface area contributed by atoms with Crippen LogP contribution in [-0.4, -0.2) is 52.6 Å². The molecule has 194 valence electrons. The molecule has 4 aliphatic rings. The number of rotatable bonds is 4. The fraction of sp³-hybridized carbons (Fsp3) is 0.778. The molecule has 0 radical (unpaired) electrons. The molecule has 0 bridgehead atoms. The zero-order chi connectivity index (χ0) is 26.1. The highest BCUT2D eigenvalue weighted by Crippen LogP contribution is 2.72. The third-order valence-corrected chi connectivity index (χ3v) is 10.0. The van der Waals surface area contributed by atoms with Gasteiger partial charge >= 0.3 is 11.9 Å². The Bertz CT molecular complexity index is 1010. The van der Waals surface area contributed by atoms with Gasteiger partial charge in [-0.15, -0.1) is 0 Å². The molecule has 3 fully saturated rings. The second-order valence-corrected chi connectivity index (χ2v) is 11.8. The maximum Gasteiger partial charge on any atom is 0.303 e. The highest BCUT2D eigenvalue weighted by atomic mass is 19.1. The Balaban J connectivity index is 1.84. The predicted molar refractivity (Wildman–Crippen MR) is 124 cm³/mol. The van der Waals surface area contributed by atoms with E-state index in [1.165, 1.54) is 13.8 Å². The van der Waals surface area contributed by atoms with E-state index >= 15 is 4.39 Å². The molecule has 1 N–H and O–H groups in total. The molecule has 9 atom stereocenters. The predicted octanol–water partition coefficient (Wildman–Crippen LogP) is 3.51. The van der Waals surface area contributed by atoms with Crippen LogP contribution in [0, 0.1) is 34.5 Å². The number of hydrogen-bond donors (Lipinski definition) is 1. The lowest BCUT2D eigenvalue weighted by atomic mass is 9.42. The van der Waals surface area contributed by atoms with Gasteiger partial charge in [-0.2, -0.15) is 0 Å². The van der Waals surface area contributed by atoms with Crippen LogP contribution >= 0.6 is 0 Å². The maximum atomic E-state index is 17.5. The highest BCUT2D eigenvalue weighted by Gasteiger charge is 2.77. The van der Waals surface area contributed by atoms with Crippen molar-refractivity contribution in [3.05, 3.63) is 11.6 Å². The summed E-state index contributed by atoms with van der Waals surface area (Å²) < 4.78 is 28.3. The first-order chi connectivity index (χ1) is 16.1. The topological polar surface area (TPSA) is 107 Å². The summed E-state index contributed by atoms with van der Waals surface area (Å²) in [5.41, 5.74) is -4.93. The smallest absolute Gasteiger partial charge is 0.303 e. The van der Waals surface area contributed by atoms with Crippen molar-refractivity contribution >= 4 is 23.5 Å².